The smallest absolute Gasteiger partial charge is 0.307 e. The zero-order valence-electron chi connectivity index (χ0n) is 10.2. The Morgan fingerprint density at radius 2 is 1.95 bits per heavy atom. The van der Waals surface area contributed by atoms with Crippen molar-refractivity contribution in [1.82, 2.24) is 5.32 Å². The van der Waals surface area contributed by atoms with E-state index in [0.717, 1.165) is 12.2 Å². The fourth-order valence-corrected chi connectivity index (χ4v) is 4.34. The van der Waals surface area contributed by atoms with Crippen molar-refractivity contribution < 1.29 is 19.5 Å². The van der Waals surface area contributed by atoms with Crippen LogP contribution in [0.1, 0.15) is 12.8 Å². The number of carboxylic acids is 1. The van der Waals surface area contributed by atoms with Crippen LogP contribution in [0.25, 0.3) is 0 Å². The van der Waals surface area contributed by atoms with Gasteiger partial charge in [0.2, 0.25) is 11.0 Å². The number of hydrogen-bond donors (Lipinski definition) is 2. The summed E-state index contributed by atoms with van der Waals surface area (Å²) in [4.78, 5) is 35.1. The lowest BCUT2D eigenvalue weighted by molar-refractivity contribution is -0.148. The fraction of sp³-hybridized carbons (Fsp3) is 0.615. The summed E-state index contributed by atoms with van der Waals surface area (Å²) >= 11 is 1.23. The Balaban J connectivity index is 1.73. The average Bonchev–Trinajstić information content (AvgIpc) is 3.04. The van der Waals surface area contributed by atoms with Gasteiger partial charge in [-0.2, -0.15) is 0 Å². The van der Waals surface area contributed by atoms with E-state index in [2.05, 4.69) is 5.32 Å². The topological polar surface area (TPSA) is 83.5 Å². The molecule has 0 aromatic heterocycles. The Kier molecular flexibility index (Phi) is 3.12. The molecule has 19 heavy (non-hydrogen) atoms. The largest absolute Gasteiger partial charge is 0.481 e. The molecule has 6 heteroatoms. The van der Waals surface area contributed by atoms with Crippen LogP contribution in [0.2, 0.25) is 0 Å². The monoisotopic (exact) mass is 281 g/mol. The first-order chi connectivity index (χ1) is 9.08. The lowest BCUT2D eigenvalue weighted by Gasteiger charge is -2.25. The molecule has 1 aliphatic heterocycles. The van der Waals surface area contributed by atoms with Gasteiger partial charge in [0.05, 0.1) is 17.9 Å². The van der Waals surface area contributed by atoms with Gasteiger partial charge < -0.3 is 10.4 Å². The molecule has 1 saturated carbocycles. The second kappa shape index (κ2) is 4.67. The quantitative estimate of drug-likeness (QED) is 0.742. The van der Waals surface area contributed by atoms with E-state index >= 15 is 0 Å². The average molecular weight is 281 g/mol. The predicted molar refractivity (Wildman–Crippen MR) is 69.4 cm³/mol. The Morgan fingerprint density at radius 1 is 1.26 bits per heavy atom. The summed E-state index contributed by atoms with van der Waals surface area (Å²) < 4.78 is 0. The Morgan fingerprint density at radius 3 is 2.53 bits per heavy atom. The van der Waals surface area contributed by atoms with E-state index in [1.807, 2.05) is 12.2 Å². The van der Waals surface area contributed by atoms with Gasteiger partial charge in [-0.15, -0.1) is 0 Å². The Bertz CT molecular complexity index is 475. The van der Waals surface area contributed by atoms with Crippen LogP contribution in [-0.4, -0.2) is 33.9 Å². The highest BCUT2D eigenvalue weighted by Crippen LogP contribution is 2.48. The molecule has 1 saturated heterocycles. The standard InChI is InChI=1S/C13H15NO4S/c15-11(14-8-3-4-19-13(8)18)9-6-1-2-7(5-6)10(9)12(16)17/h1-2,6-10H,3-5H2,(H,14,15)(H,16,17)/t6-,7-,8+,9+,10-/m0/s1. The molecule has 0 aromatic rings. The van der Waals surface area contributed by atoms with Crippen molar-refractivity contribution in [2.75, 3.05) is 5.75 Å². The molecule has 1 heterocycles. The number of amides is 1. The van der Waals surface area contributed by atoms with E-state index in [0.29, 0.717) is 6.42 Å². The molecule has 0 radical (unpaired) electrons. The van der Waals surface area contributed by atoms with Crippen LogP contribution in [0, 0.1) is 23.7 Å². The minimum Gasteiger partial charge on any atom is -0.481 e. The van der Waals surface area contributed by atoms with Crippen molar-refractivity contribution in [3.05, 3.63) is 12.2 Å². The number of carbonyl (C=O) groups excluding carboxylic acids is 2. The van der Waals surface area contributed by atoms with Crippen LogP contribution in [0.3, 0.4) is 0 Å². The summed E-state index contributed by atoms with van der Waals surface area (Å²) in [5.74, 6) is -1.65. The molecular formula is C13H15NO4S. The van der Waals surface area contributed by atoms with Crippen molar-refractivity contribution in [2.24, 2.45) is 23.7 Å². The second-order valence-corrected chi connectivity index (χ2v) is 6.45. The summed E-state index contributed by atoms with van der Waals surface area (Å²) in [6, 6.07) is -0.435. The summed E-state index contributed by atoms with van der Waals surface area (Å²) in [6.45, 7) is 0. The van der Waals surface area contributed by atoms with Gasteiger partial charge in [-0.25, -0.2) is 0 Å². The zero-order valence-corrected chi connectivity index (χ0v) is 11.1. The van der Waals surface area contributed by atoms with E-state index in [1.165, 1.54) is 11.8 Å². The van der Waals surface area contributed by atoms with Gasteiger partial charge in [0.15, 0.2) is 0 Å². The lowest BCUT2D eigenvalue weighted by atomic mass is 9.82. The fourth-order valence-electron chi connectivity index (χ4n) is 3.41. The second-order valence-electron chi connectivity index (χ2n) is 5.36. The van der Waals surface area contributed by atoms with Crippen LogP contribution in [0.4, 0.5) is 0 Å². The number of carbonyl (C=O) groups is 3. The lowest BCUT2D eigenvalue weighted by Crippen LogP contribution is -2.45. The van der Waals surface area contributed by atoms with Gasteiger partial charge >= 0.3 is 5.97 Å². The molecule has 2 N–H and O–H groups in total. The van der Waals surface area contributed by atoms with Gasteiger partial charge in [0, 0.05) is 5.75 Å². The zero-order chi connectivity index (χ0) is 13.6. The van der Waals surface area contributed by atoms with Crippen LogP contribution in [0.15, 0.2) is 12.2 Å². The number of thioether (sulfide) groups is 1. The van der Waals surface area contributed by atoms with E-state index in [4.69, 9.17) is 0 Å². The molecular weight excluding hydrogens is 266 g/mol. The first kappa shape index (κ1) is 12.7. The molecule has 0 spiro atoms. The third-order valence-electron chi connectivity index (χ3n) is 4.30. The van der Waals surface area contributed by atoms with Crippen molar-refractivity contribution in [2.45, 2.75) is 18.9 Å². The van der Waals surface area contributed by atoms with E-state index < -0.39 is 23.8 Å². The summed E-state index contributed by atoms with van der Waals surface area (Å²) in [7, 11) is 0. The SMILES string of the molecule is O=C(O)[C@@H]1[C@H](C(=O)N[C@@H]2CCSC2=O)[C@H]2C=C[C@H]1C2. The van der Waals surface area contributed by atoms with Crippen LogP contribution in [-0.2, 0) is 14.4 Å². The van der Waals surface area contributed by atoms with E-state index in [1.54, 1.807) is 0 Å². The number of rotatable bonds is 3. The molecule has 0 unspecified atom stereocenters. The van der Waals surface area contributed by atoms with Gasteiger partial charge in [0.25, 0.3) is 0 Å². The number of aliphatic carboxylic acids is 1. The number of fused-ring (bicyclic) bond motifs is 2. The minimum absolute atomic E-state index is 0.00950. The molecule has 102 valence electrons. The van der Waals surface area contributed by atoms with Gasteiger partial charge in [-0.3, -0.25) is 14.4 Å². The number of nitrogens with one attached hydrogen (secondary N) is 1. The molecule has 5 nitrogen and oxygen atoms in total. The van der Waals surface area contributed by atoms with E-state index in [9.17, 15) is 19.5 Å². The highest BCUT2D eigenvalue weighted by atomic mass is 32.2. The molecule has 1 amide bonds. The molecule has 2 fully saturated rings. The highest BCUT2D eigenvalue weighted by Gasteiger charge is 2.52. The summed E-state index contributed by atoms with van der Waals surface area (Å²) in [5.41, 5.74) is 0. The maximum Gasteiger partial charge on any atom is 0.307 e. The third kappa shape index (κ3) is 2.08. The first-order valence-electron chi connectivity index (χ1n) is 6.46. The molecule has 3 aliphatic rings. The molecule has 2 aliphatic carbocycles. The van der Waals surface area contributed by atoms with Gasteiger partial charge in [-0.1, -0.05) is 23.9 Å². The molecule has 5 atom stereocenters. The van der Waals surface area contributed by atoms with Gasteiger partial charge in [0.1, 0.15) is 0 Å². The van der Waals surface area contributed by atoms with Crippen molar-refractivity contribution in [1.29, 1.82) is 0 Å². The summed E-state index contributed by atoms with van der Waals surface area (Å²) in [5, 5.41) is 12.0. The summed E-state index contributed by atoms with van der Waals surface area (Å²) in [6.07, 6.45) is 5.23. The Labute approximate surface area is 114 Å². The number of carboxylic acid groups (broad SMARTS) is 1. The normalized spacial score (nSPS) is 39.8. The maximum absolute atomic E-state index is 12.3. The van der Waals surface area contributed by atoms with Crippen molar-refractivity contribution >= 4 is 28.8 Å². The minimum atomic E-state index is -0.913. The van der Waals surface area contributed by atoms with Crippen molar-refractivity contribution in [3.63, 3.8) is 0 Å². The van der Waals surface area contributed by atoms with Crippen LogP contribution in [0.5, 0.6) is 0 Å². The number of hydrogen-bond acceptors (Lipinski definition) is 4. The van der Waals surface area contributed by atoms with Crippen molar-refractivity contribution in [3.8, 4) is 0 Å². The van der Waals surface area contributed by atoms with Gasteiger partial charge in [-0.05, 0) is 24.7 Å². The molecule has 2 bridgehead atoms. The molecule has 3 rings (SSSR count). The predicted octanol–water partition coefficient (Wildman–Crippen LogP) is 0.658. The Hall–Kier alpha value is -1.30. The first-order valence-corrected chi connectivity index (χ1v) is 7.44. The maximum atomic E-state index is 12.3. The van der Waals surface area contributed by atoms with E-state index in [-0.39, 0.29) is 22.9 Å². The molecule has 0 aromatic carbocycles. The third-order valence-corrected chi connectivity index (χ3v) is 5.31. The van der Waals surface area contributed by atoms with Crippen LogP contribution < -0.4 is 5.32 Å². The highest BCUT2D eigenvalue weighted by molar-refractivity contribution is 8.14. The van der Waals surface area contributed by atoms with Crippen LogP contribution >= 0.6 is 11.8 Å². The number of allylic oxidation sites excluding steroid dienone is 2.